The fourth-order valence-electron chi connectivity index (χ4n) is 2.47. The van der Waals surface area contributed by atoms with Crippen molar-refractivity contribution in [2.75, 3.05) is 7.11 Å². The molecule has 0 saturated carbocycles. The molecule has 2 aromatic carbocycles. The van der Waals surface area contributed by atoms with E-state index < -0.39 is 0 Å². The third-order valence-electron chi connectivity index (χ3n) is 3.76. The molecule has 136 valence electrons. The number of hydrogen-bond acceptors (Lipinski definition) is 7. The van der Waals surface area contributed by atoms with Crippen molar-refractivity contribution in [1.29, 1.82) is 0 Å². The number of aromatic nitrogens is 5. The molecule has 0 aliphatic carbocycles. The first-order chi connectivity index (χ1) is 13.2. The van der Waals surface area contributed by atoms with Crippen molar-refractivity contribution in [2.45, 2.75) is 10.9 Å². The van der Waals surface area contributed by atoms with Gasteiger partial charge in [0.2, 0.25) is 11.7 Å². The van der Waals surface area contributed by atoms with E-state index in [9.17, 15) is 0 Å². The number of hydrogen-bond donors (Lipinski definition) is 0. The average Bonchev–Trinajstić information content (AvgIpc) is 3.36. The van der Waals surface area contributed by atoms with E-state index in [-0.39, 0.29) is 0 Å². The van der Waals surface area contributed by atoms with Crippen molar-refractivity contribution < 1.29 is 9.26 Å². The molecule has 0 unspecified atom stereocenters. The number of ether oxygens (including phenoxy) is 1. The molecule has 0 bridgehead atoms. The summed E-state index contributed by atoms with van der Waals surface area (Å²) >= 11 is 7.35. The van der Waals surface area contributed by atoms with Crippen molar-refractivity contribution >= 4 is 23.4 Å². The molecule has 0 aliphatic rings. The van der Waals surface area contributed by atoms with Gasteiger partial charge in [-0.15, -0.1) is 10.2 Å². The summed E-state index contributed by atoms with van der Waals surface area (Å²) in [7, 11) is 1.63. The van der Waals surface area contributed by atoms with Gasteiger partial charge in [0, 0.05) is 10.6 Å². The van der Waals surface area contributed by atoms with Gasteiger partial charge >= 0.3 is 0 Å². The molecule has 0 saturated heterocycles. The van der Waals surface area contributed by atoms with E-state index in [2.05, 4.69) is 20.3 Å². The van der Waals surface area contributed by atoms with Gasteiger partial charge in [-0.2, -0.15) is 4.98 Å². The Hall–Kier alpha value is -2.84. The Labute approximate surface area is 164 Å². The van der Waals surface area contributed by atoms with E-state index in [1.807, 2.05) is 41.0 Å². The van der Waals surface area contributed by atoms with Crippen molar-refractivity contribution in [3.63, 3.8) is 0 Å². The minimum atomic E-state index is 0.467. The summed E-state index contributed by atoms with van der Waals surface area (Å²) in [5, 5.41) is 13.6. The lowest BCUT2D eigenvalue weighted by atomic mass is 10.2. The van der Waals surface area contributed by atoms with Gasteiger partial charge in [-0.1, -0.05) is 40.7 Å². The number of thioether (sulfide) groups is 1. The quantitative estimate of drug-likeness (QED) is 0.448. The highest BCUT2D eigenvalue weighted by Gasteiger charge is 2.14. The van der Waals surface area contributed by atoms with E-state index >= 15 is 0 Å². The fourth-order valence-corrected chi connectivity index (χ4v) is 3.36. The molecule has 7 nitrogen and oxygen atoms in total. The monoisotopic (exact) mass is 399 g/mol. The Morgan fingerprint density at radius 2 is 1.96 bits per heavy atom. The van der Waals surface area contributed by atoms with Gasteiger partial charge in [0.1, 0.15) is 12.1 Å². The van der Waals surface area contributed by atoms with E-state index in [1.54, 1.807) is 25.6 Å². The molecule has 2 heterocycles. The third kappa shape index (κ3) is 3.81. The number of benzene rings is 2. The second-order valence-corrected chi connectivity index (χ2v) is 6.84. The van der Waals surface area contributed by atoms with Crippen LogP contribution in [0.5, 0.6) is 5.75 Å². The molecule has 0 N–H and O–H groups in total. The molecule has 2 aromatic heterocycles. The van der Waals surface area contributed by atoms with Crippen LogP contribution in [0.2, 0.25) is 5.02 Å². The highest BCUT2D eigenvalue weighted by atomic mass is 35.5. The molecule has 0 spiro atoms. The Kier molecular flexibility index (Phi) is 5.08. The third-order valence-corrected chi connectivity index (χ3v) is 4.94. The maximum absolute atomic E-state index is 5.91. The first-order valence-corrected chi connectivity index (χ1v) is 9.35. The lowest BCUT2D eigenvalue weighted by molar-refractivity contribution is 0.391. The molecule has 27 heavy (non-hydrogen) atoms. The summed E-state index contributed by atoms with van der Waals surface area (Å²) in [6.07, 6.45) is 1.65. The first-order valence-electron chi connectivity index (χ1n) is 7.99. The zero-order chi connectivity index (χ0) is 18.6. The van der Waals surface area contributed by atoms with Crippen LogP contribution in [0.3, 0.4) is 0 Å². The summed E-state index contributed by atoms with van der Waals surface area (Å²) in [6, 6.07) is 15.0. The predicted octanol–water partition coefficient (Wildman–Crippen LogP) is 4.27. The van der Waals surface area contributed by atoms with Crippen LogP contribution in [0.1, 0.15) is 5.89 Å². The highest BCUT2D eigenvalue weighted by Crippen LogP contribution is 2.28. The van der Waals surface area contributed by atoms with E-state index in [4.69, 9.17) is 20.9 Å². The maximum Gasteiger partial charge on any atom is 0.237 e. The summed E-state index contributed by atoms with van der Waals surface area (Å²) in [6.45, 7) is 0. The van der Waals surface area contributed by atoms with Crippen LogP contribution in [0.15, 0.2) is 64.5 Å². The number of rotatable bonds is 6. The van der Waals surface area contributed by atoms with Gasteiger partial charge < -0.3 is 9.26 Å². The molecular formula is C18H14ClN5O2S. The lowest BCUT2D eigenvalue weighted by Gasteiger charge is -2.10. The molecule has 0 fully saturated rings. The molecule has 0 aliphatic heterocycles. The molecule has 0 radical (unpaired) electrons. The molecular weight excluding hydrogens is 386 g/mol. The predicted molar refractivity (Wildman–Crippen MR) is 102 cm³/mol. The second-order valence-electron chi connectivity index (χ2n) is 5.46. The van der Waals surface area contributed by atoms with Crippen molar-refractivity contribution in [3.8, 4) is 22.8 Å². The van der Waals surface area contributed by atoms with Crippen LogP contribution in [-0.4, -0.2) is 32.0 Å². The number of methoxy groups -OCH3 is 1. The second kappa shape index (κ2) is 7.81. The minimum absolute atomic E-state index is 0.467. The molecule has 4 aromatic rings. The van der Waals surface area contributed by atoms with Gasteiger partial charge in [0.05, 0.1) is 18.6 Å². The normalized spacial score (nSPS) is 10.9. The van der Waals surface area contributed by atoms with Crippen LogP contribution in [0.25, 0.3) is 17.1 Å². The van der Waals surface area contributed by atoms with Crippen LogP contribution in [-0.2, 0) is 5.75 Å². The van der Waals surface area contributed by atoms with Crippen LogP contribution in [0, 0.1) is 0 Å². The smallest absolute Gasteiger partial charge is 0.237 e. The van der Waals surface area contributed by atoms with Crippen LogP contribution >= 0.6 is 23.4 Å². The SMILES string of the molecule is COc1ccccc1-n1cnnc1SCc1nc(-c2ccc(Cl)cc2)no1. The fraction of sp³-hybridized carbons (Fsp3) is 0.111. The Morgan fingerprint density at radius 3 is 2.78 bits per heavy atom. The molecule has 9 heteroatoms. The largest absolute Gasteiger partial charge is 0.495 e. The maximum atomic E-state index is 5.91. The van der Waals surface area contributed by atoms with Gasteiger partial charge in [-0.3, -0.25) is 4.57 Å². The van der Waals surface area contributed by atoms with Crippen LogP contribution in [0.4, 0.5) is 0 Å². The van der Waals surface area contributed by atoms with Crippen molar-refractivity contribution in [3.05, 3.63) is 65.8 Å². The van der Waals surface area contributed by atoms with E-state index in [0.29, 0.717) is 27.6 Å². The van der Waals surface area contributed by atoms with Gasteiger partial charge in [0.25, 0.3) is 0 Å². The Balaban J connectivity index is 1.51. The Bertz CT molecular complexity index is 1050. The molecule has 4 rings (SSSR count). The highest BCUT2D eigenvalue weighted by molar-refractivity contribution is 7.98. The minimum Gasteiger partial charge on any atom is -0.495 e. The summed E-state index contributed by atoms with van der Waals surface area (Å²) in [5.74, 6) is 2.23. The number of para-hydroxylation sites is 2. The zero-order valence-corrected chi connectivity index (χ0v) is 15.8. The average molecular weight is 400 g/mol. The van der Waals surface area contributed by atoms with Gasteiger partial charge in [0.15, 0.2) is 5.16 Å². The number of nitrogens with zero attached hydrogens (tertiary/aromatic N) is 5. The summed E-state index contributed by atoms with van der Waals surface area (Å²) in [5.41, 5.74) is 1.71. The van der Waals surface area contributed by atoms with Crippen molar-refractivity contribution in [1.82, 2.24) is 24.9 Å². The van der Waals surface area contributed by atoms with Crippen molar-refractivity contribution in [2.24, 2.45) is 0 Å². The summed E-state index contributed by atoms with van der Waals surface area (Å²) in [4.78, 5) is 4.42. The molecule has 0 atom stereocenters. The van der Waals surface area contributed by atoms with Gasteiger partial charge in [-0.05, 0) is 36.4 Å². The first kappa shape index (κ1) is 17.6. The standard InChI is InChI=1S/C18H14ClN5O2S/c1-25-15-5-3-2-4-14(15)24-11-20-22-18(24)27-10-16-21-17(23-26-16)12-6-8-13(19)9-7-12/h2-9,11H,10H2,1H3. The van der Waals surface area contributed by atoms with Gasteiger partial charge in [-0.25, -0.2) is 0 Å². The topological polar surface area (TPSA) is 78.9 Å². The zero-order valence-electron chi connectivity index (χ0n) is 14.2. The molecule has 0 amide bonds. The lowest BCUT2D eigenvalue weighted by Crippen LogP contribution is -1.98. The van der Waals surface area contributed by atoms with E-state index in [1.165, 1.54) is 11.8 Å². The Morgan fingerprint density at radius 1 is 1.15 bits per heavy atom. The summed E-state index contributed by atoms with van der Waals surface area (Å²) < 4.78 is 12.6. The van der Waals surface area contributed by atoms with E-state index in [0.717, 1.165) is 17.0 Å². The number of halogens is 1. The van der Waals surface area contributed by atoms with Crippen LogP contribution < -0.4 is 4.74 Å².